The Morgan fingerprint density at radius 1 is 0.780 bits per heavy atom. The molecule has 1 fully saturated rings. The molecule has 41 heavy (non-hydrogen) atoms. The molecule has 0 spiro atoms. The molecule has 0 saturated heterocycles. The Kier molecular flexibility index (Phi) is 13.5. The predicted molar refractivity (Wildman–Crippen MR) is 158 cm³/mol. The Balaban J connectivity index is 1.64. The van der Waals surface area contributed by atoms with Gasteiger partial charge in [0, 0.05) is 0 Å². The van der Waals surface area contributed by atoms with Crippen LogP contribution < -0.4 is 0 Å². The standard InChI is InChI=1S/C33H44O8/c1-4-5-6-7-25-8-9-27-17-28(11-10-26(27)16-25)29-18-30(38-12-14-40-32(36)23(2)21-34)20-31(19-29)39-13-15-41-33(37)24(3)22-35/h8-11,16-17,29-31,34-35H,2-7,12-15,18-22H2,1H3. The molecule has 224 valence electrons. The molecule has 1 saturated carbocycles. The number of hydrogen-bond donors (Lipinski definition) is 2. The molecule has 0 aromatic heterocycles. The van der Waals surface area contributed by atoms with Crippen molar-refractivity contribution in [3.8, 4) is 0 Å². The Morgan fingerprint density at radius 3 is 1.90 bits per heavy atom. The molecular formula is C33H44O8. The van der Waals surface area contributed by atoms with Crippen molar-refractivity contribution >= 4 is 22.7 Å². The van der Waals surface area contributed by atoms with Crippen molar-refractivity contribution in [2.24, 2.45) is 0 Å². The second kappa shape index (κ2) is 17.0. The molecule has 2 aromatic carbocycles. The smallest absolute Gasteiger partial charge is 0.335 e. The van der Waals surface area contributed by atoms with Crippen molar-refractivity contribution in [2.75, 3.05) is 39.6 Å². The van der Waals surface area contributed by atoms with Crippen molar-refractivity contribution < 1.29 is 38.7 Å². The first-order valence-electron chi connectivity index (χ1n) is 14.5. The van der Waals surface area contributed by atoms with Crippen LogP contribution in [0.4, 0.5) is 0 Å². The summed E-state index contributed by atoms with van der Waals surface area (Å²) >= 11 is 0. The highest BCUT2D eigenvalue weighted by Crippen LogP contribution is 2.37. The summed E-state index contributed by atoms with van der Waals surface area (Å²) in [5, 5.41) is 20.5. The van der Waals surface area contributed by atoms with Gasteiger partial charge in [-0.2, -0.15) is 0 Å². The third-order valence-electron chi connectivity index (χ3n) is 7.39. The van der Waals surface area contributed by atoms with E-state index in [2.05, 4.69) is 56.5 Å². The topological polar surface area (TPSA) is 112 Å². The number of benzene rings is 2. The van der Waals surface area contributed by atoms with Crippen LogP contribution in [0.25, 0.3) is 10.8 Å². The molecule has 3 rings (SSSR count). The largest absolute Gasteiger partial charge is 0.460 e. The van der Waals surface area contributed by atoms with E-state index in [4.69, 9.17) is 29.2 Å². The van der Waals surface area contributed by atoms with E-state index in [0.717, 1.165) is 19.3 Å². The van der Waals surface area contributed by atoms with Gasteiger partial charge in [-0.15, -0.1) is 0 Å². The van der Waals surface area contributed by atoms with Gasteiger partial charge in [0.05, 0.1) is 49.8 Å². The lowest BCUT2D eigenvalue weighted by molar-refractivity contribution is -0.143. The highest BCUT2D eigenvalue weighted by atomic mass is 16.6. The van der Waals surface area contributed by atoms with Gasteiger partial charge >= 0.3 is 11.9 Å². The number of aliphatic hydroxyl groups is 2. The van der Waals surface area contributed by atoms with Crippen molar-refractivity contribution in [3.05, 3.63) is 71.8 Å². The van der Waals surface area contributed by atoms with Crippen molar-refractivity contribution in [2.45, 2.75) is 70.0 Å². The molecule has 0 bridgehead atoms. The molecule has 1 aliphatic carbocycles. The van der Waals surface area contributed by atoms with Gasteiger partial charge in [-0.3, -0.25) is 0 Å². The number of rotatable bonds is 17. The minimum Gasteiger partial charge on any atom is -0.460 e. The van der Waals surface area contributed by atoms with Gasteiger partial charge in [0.25, 0.3) is 0 Å². The summed E-state index contributed by atoms with van der Waals surface area (Å²) in [4.78, 5) is 23.5. The summed E-state index contributed by atoms with van der Waals surface area (Å²) in [6, 6.07) is 13.3. The summed E-state index contributed by atoms with van der Waals surface area (Å²) < 4.78 is 22.4. The van der Waals surface area contributed by atoms with E-state index in [1.165, 1.54) is 41.2 Å². The second-order valence-electron chi connectivity index (χ2n) is 10.6. The molecule has 1 aliphatic rings. The maximum atomic E-state index is 11.8. The third-order valence-corrected chi connectivity index (χ3v) is 7.39. The molecule has 2 unspecified atom stereocenters. The third kappa shape index (κ3) is 10.4. The summed E-state index contributed by atoms with van der Waals surface area (Å²) in [6.07, 6.45) is 6.76. The summed E-state index contributed by atoms with van der Waals surface area (Å²) in [6.45, 7) is 8.82. The normalized spacial score (nSPS) is 18.7. The van der Waals surface area contributed by atoms with Gasteiger partial charge in [0.1, 0.15) is 13.2 Å². The SMILES string of the molecule is C=C(CO)C(=O)OCCOC1CC(OCCOC(=O)C(=C)CO)CC(c2ccc3cc(CCCCC)ccc3c2)C1. The number of unbranched alkanes of at least 4 members (excludes halogenated alkanes) is 2. The van der Waals surface area contributed by atoms with Gasteiger partial charge in [0.2, 0.25) is 0 Å². The molecule has 8 nitrogen and oxygen atoms in total. The zero-order chi connectivity index (χ0) is 29.6. The second-order valence-corrected chi connectivity index (χ2v) is 10.6. The van der Waals surface area contributed by atoms with E-state index in [-0.39, 0.29) is 55.7 Å². The number of aliphatic hydroxyl groups excluding tert-OH is 2. The number of aryl methyl sites for hydroxylation is 1. The lowest BCUT2D eigenvalue weighted by Crippen LogP contribution is -2.34. The number of esters is 2. The lowest BCUT2D eigenvalue weighted by Gasteiger charge is -2.35. The molecule has 8 heteroatoms. The summed E-state index contributed by atoms with van der Waals surface area (Å²) in [5.74, 6) is -1.08. The van der Waals surface area contributed by atoms with E-state index in [9.17, 15) is 9.59 Å². The van der Waals surface area contributed by atoms with Crippen LogP contribution in [0.2, 0.25) is 0 Å². The fraction of sp³-hybridized carbons (Fsp3) is 0.515. The van der Waals surface area contributed by atoms with Gasteiger partial charge < -0.3 is 29.2 Å². The molecule has 0 amide bonds. The Bertz CT molecular complexity index is 1130. The number of hydrogen-bond acceptors (Lipinski definition) is 8. The van der Waals surface area contributed by atoms with Crippen LogP contribution in [0, 0.1) is 0 Å². The van der Waals surface area contributed by atoms with Crippen molar-refractivity contribution in [3.63, 3.8) is 0 Å². The van der Waals surface area contributed by atoms with E-state index in [0.29, 0.717) is 6.42 Å². The van der Waals surface area contributed by atoms with Crippen LogP contribution in [0.5, 0.6) is 0 Å². The first-order chi connectivity index (χ1) is 19.8. The van der Waals surface area contributed by atoms with Crippen LogP contribution in [0.15, 0.2) is 60.7 Å². The molecule has 0 radical (unpaired) electrons. The Labute approximate surface area is 242 Å². The van der Waals surface area contributed by atoms with Crippen LogP contribution in [0.3, 0.4) is 0 Å². The first kappa shape index (κ1) is 32.5. The average molecular weight is 569 g/mol. The number of carbonyl (C=O) groups excluding carboxylic acids is 2. The highest BCUT2D eigenvalue weighted by molar-refractivity contribution is 5.88. The van der Waals surface area contributed by atoms with Crippen LogP contribution in [-0.2, 0) is 35.0 Å². The number of carbonyl (C=O) groups is 2. The van der Waals surface area contributed by atoms with Gasteiger partial charge in [0.15, 0.2) is 0 Å². The maximum Gasteiger partial charge on any atom is 0.335 e. The number of ether oxygens (including phenoxy) is 4. The minimum atomic E-state index is -0.637. The summed E-state index contributed by atoms with van der Waals surface area (Å²) in [7, 11) is 0. The van der Waals surface area contributed by atoms with Crippen LogP contribution in [0.1, 0.15) is 62.5 Å². The Hall–Kier alpha value is -3.04. The molecule has 0 aliphatic heterocycles. The maximum absolute atomic E-state index is 11.8. The molecule has 2 N–H and O–H groups in total. The first-order valence-corrected chi connectivity index (χ1v) is 14.5. The fourth-order valence-electron chi connectivity index (χ4n) is 5.09. The van der Waals surface area contributed by atoms with E-state index in [1.54, 1.807) is 0 Å². The zero-order valence-corrected chi connectivity index (χ0v) is 24.1. The van der Waals surface area contributed by atoms with Crippen molar-refractivity contribution in [1.29, 1.82) is 0 Å². The monoisotopic (exact) mass is 568 g/mol. The van der Waals surface area contributed by atoms with Gasteiger partial charge in [-0.05, 0) is 59.9 Å². The predicted octanol–water partition coefficient (Wildman–Crippen LogP) is 4.79. The quantitative estimate of drug-likeness (QED) is 0.159. The van der Waals surface area contributed by atoms with Gasteiger partial charge in [-0.25, -0.2) is 9.59 Å². The average Bonchev–Trinajstić information content (AvgIpc) is 3.00. The van der Waals surface area contributed by atoms with E-state index in [1.807, 2.05) is 0 Å². The van der Waals surface area contributed by atoms with E-state index >= 15 is 0 Å². The highest BCUT2D eigenvalue weighted by Gasteiger charge is 2.31. The zero-order valence-electron chi connectivity index (χ0n) is 24.1. The molecule has 2 atom stereocenters. The fourth-order valence-corrected chi connectivity index (χ4v) is 5.09. The Morgan fingerprint density at radius 2 is 1.34 bits per heavy atom. The van der Waals surface area contributed by atoms with Crippen molar-refractivity contribution in [1.82, 2.24) is 0 Å². The minimum absolute atomic E-state index is 0.00356. The summed E-state index contributed by atoms with van der Waals surface area (Å²) in [5.41, 5.74) is 2.59. The molecule has 2 aromatic rings. The molecule has 0 heterocycles. The molecular weight excluding hydrogens is 524 g/mol. The van der Waals surface area contributed by atoms with Crippen LogP contribution in [-0.4, -0.2) is 74.0 Å². The van der Waals surface area contributed by atoms with E-state index < -0.39 is 25.2 Å². The van der Waals surface area contributed by atoms with Crippen LogP contribution >= 0.6 is 0 Å². The lowest BCUT2D eigenvalue weighted by atomic mass is 9.80. The van der Waals surface area contributed by atoms with Gasteiger partial charge in [-0.1, -0.05) is 69.3 Å². The number of fused-ring (bicyclic) bond motifs is 1.